The molecule has 0 bridgehead atoms. The standard InChI is InChI=1S/C6H12O6P2/c1-3-13(7,8)11-5-6-12-14(9,10)4-2/h3-4H,1-2,5-6H2,(H,7,8)(H,9,10). The normalized spacial score (nSPS) is 19.3. The second-order valence-corrected chi connectivity index (χ2v) is 5.66. The van der Waals surface area contributed by atoms with Gasteiger partial charge in [-0.05, 0) is 0 Å². The Hall–Kier alpha value is -0.220. The lowest BCUT2D eigenvalue weighted by atomic mass is 10.8. The highest BCUT2D eigenvalue weighted by Crippen LogP contribution is 2.44. The minimum Gasteiger partial charge on any atom is -0.321 e. The van der Waals surface area contributed by atoms with Gasteiger partial charge in [-0.3, -0.25) is 9.13 Å². The maximum Gasteiger partial charge on any atom is 0.351 e. The lowest BCUT2D eigenvalue weighted by Gasteiger charge is -2.09. The predicted molar refractivity (Wildman–Crippen MR) is 51.9 cm³/mol. The summed E-state index contributed by atoms with van der Waals surface area (Å²) < 4.78 is 30.4. The Labute approximate surface area is 81.9 Å². The molecule has 2 unspecified atom stereocenters. The van der Waals surface area contributed by atoms with Crippen LogP contribution in [0, 0.1) is 0 Å². The predicted octanol–water partition coefficient (Wildman–Crippen LogP) is 1.68. The van der Waals surface area contributed by atoms with Crippen LogP contribution in [0.25, 0.3) is 0 Å². The summed E-state index contributed by atoms with van der Waals surface area (Å²) in [5.74, 6) is 1.53. The van der Waals surface area contributed by atoms with E-state index < -0.39 is 15.2 Å². The fourth-order valence-electron chi connectivity index (χ4n) is 0.442. The first-order chi connectivity index (χ1) is 6.33. The van der Waals surface area contributed by atoms with Crippen molar-refractivity contribution in [1.82, 2.24) is 0 Å². The van der Waals surface area contributed by atoms with Crippen molar-refractivity contribution in [2.24, 2.45) is 0 Å². The molecule has 0 heterocycles. The summed E-state index contributed by atoms with van der Waals surface area (Å²) >= 11 is 0. The molecule has 0 aliphatic heterocycles. The largest absolute Gasteiger partial charge is 0.351 e. The lowest BCUT2D eigenvalue weighted by Crippen LogP contribution is -2.00. The molecule has 0 aromatic heterocycles. The minimum atomic E-state index is -3.78. The highest BCUT2D eigenvalue weighted by molar-refractivity contribution is 7.56. The van der Waals surface area contributed by atoms with E-state index in [0.717, 1.165) is 11.6 Å². The van der Waals surface area contributed by atoms with E-state index in [1.54, 1.807) is 0 Å². The molecule has 2 atom stereocenters. The summed E-state index contributed by atoms with van der Waals surface area (Å²) in [7, 11) is -7.55. The molecule has 0 saturated heterocycles. The van der Waals surface area contributed by atoms with E-state index >= 15 is 0 Å². The molecule has 0 amide bonds. The van der Waals surface area contributed by atoms with Gasteiger partial charge in [0.2, 0.25) is 0 Å². The van der Waals surface area contributed by atoms with Gasteiger partial charge in [0, 0.05) is 11.6 Å². The van der Waals surface area contributed by atoms with Crippen LogP contribution in [0.2, 0.25) is 0 Å². The zero-order valence-electron chi connectivity index (χ0n) is 7.40. The van der Waals surface area contributed by atoms with Crippen molar-refractivity contribution >= 4 is 15.2 Å². The summed E-state index contributed by atoms with van der Waals surface area (Å²) in [6, 6.07) is 0. The molecule has 0 radical (unpaired) electrons. The van der Waals surface area contributed by atoms with Crippen LogP contribution in [0.1, 0.15) is 0 Å². The van der Waals surface area contributed by atoms with Crippen LogP contribution < -0.4 is 0 Å². The zero-order chi connectivity index (χ0) is 11.2. The van der Waals surface area contributed by atoms with Crippen molar-refractivity contribution in [1.29, 1.82) is 0 Å². The second kappa shape index (κ2) is 5.61. The zero-order valence-corrected chi connectivity index (χ0v) is 9.19. The molecule has 14 heavy (non-hydrogen) atoms. The molecular formula is C6H12O6P2. The van der Waals surface area contributed by atoms with Crippen molar-refractivity contribution in [3.8, 4) is 0 Å². The summed E-state index contributed by atoms with van der Waals surface area (Å²) in [6.45, 7) is 5.59. The van der Waals surface area contributed by atoms with Gasteiger partial charge in [-0.15, -0.1) is 0 Å². The Kier molecular flexibility index (Phi) is 5.52. The van der Waals surface area contributed by atoms with E-state index in [1.807, 2.05) is 0 Å². The molecule has 0 spiro atoms. The number of rotatable bonds is 7. The Balaban J connectivity index is 3.78. The first kappa shape index (κ1) is 13.8. The molecule has 0 saturated carbocycles. The van der Waals surface area contributed by atoms with Crippen LogP contribution in [0.3, 0.4) is 0 Å². The third kappa shape index (κ3) is 6.27. The summed E-state index contributed by atoms with van der Waals surface area (Å²) in [5, 5.41) is 0. The van der Waals surface area contributed by atoms with Crippen molar-refractivity contribution < 1.29 is 28.0 Å². The quantitative estimate of drug-likeness (QED) is 0.521. The SMILES string of the molecule is C=CP(=O)(O)OCCOP(=O)(O)C=C. The van der Waals surface area contributed by atoms with E-state index in [9.17, 15) is 9.13 Å². The Morgan fingerprint density at radius 2 is 1.29 bits per heavy atom. The molecule has 0 aliphatic rings. The maximum atomic E-state index is 10.8. The summed E-state index contributed by atoms with van der Waals surface area (Å²) in [5.41, 5.74) is 0. The molecule has 0 fully saturated rings. The third-order valence-electron chi connectivity index (χ3n) is 1.10. The van der Waals surface area contributed by atoms with Gasteiger partial charge in [0.15, 0.2) is 0 Å². The second-order valence-electron chi connectivity index (χ2n) is 2.16. The summed E-state index contributed by atoms with van der Waals surface area (Å²) in [6.07, 6.45) is 0. The average Bonchev–Trinajstić information content (AvgIpc) is 2.13. The molecule has 8 heteroatoms. The first-order valence-corrected chi connectivity index (χ1v) is 6.83. The van der Waals surface area contributed by atoms with Gasteiger partial charge in [-0.2, -0.15) is 0 Å². The van der Waals surface area contributed by atoms with Gasteiger partial charge in [0.05, 0.1) is 13.2 Å². The molecular weight excluding hydrogens is 230 g/mol. The average molecular weight is 242 g/mol. The van der Waals surface area contributed by atoms with Crippen LogP contribution in [-0.4, -0.2) is 23.0 Å². The first-order valence-electron chi connectivity index (χ1n) is 3.54. The fourth-order valence-corrected chi connectivity index (χ4v) is 1.32. The monoisotopic (exact) mass is 242 g/mol. The van der Waals surface area contributed by atoms with Crippen LogP contribution >= 0.6 is 15.2 Å². The molecule has 2 N–H and O–H groups in total. The van der Waals surface area contributed by atoms with Gasteiger partial charge >= 0.3 is 15.2 Å². The van der Waals surface area contributed by atoms with Crippen molar-refractivity contribution in [2.75, 3.05) is 13.2 Å². The fraction of sp³-hybridized carbons (Fsp3) is 0.333. The van der Waals surface area contributed by atoms with E-state index in [4.69, 9.17) is 9.79 Å². The Bertz CT molecular complexity index is 269. The van der Waals surface area contributed by atoms with Crippen LogP contribution in [0.4, 0.5) is 0 Å². The Morgan fingerprint density at radius 3 is 1.50 bits per heavy atom. The third-order valence-corrected chi connectivity index (χ3v) is 3.13. The topological polar surface area (TPSA) is 93.1 Å². The van der Waals surface area contributed by atoms with Gasteiger partial charge < -0.3 is 18.8 Å². The lowest BCUT2D eigenvalue weighted by molar-refractivity contribution is 0.187. The van der Waals surface area contributed by atoms with E-state index in [0.29, 0.717) is 0 Å². The van der Waals surface area contributed by atoms with Gasteiger partial charge in [0.1, 0.15) is 0 Å². The number of hydrogen-bond acceptors (Lipinski definition) is 4. The van der Waals surface area contributed by atoms with Gasteiger partial charge in [0.25, 0.3) is 0 Å². The van der Waals surface area contributed by atoms with Crippen molar-refractivity contribution in [2.45, 2.75) is 0 Å². The van der Waals surface area contributed by atoms with E-state index in [2.05, 4.69) is 22.2 Å². The molecule has 0 aromatic rings. The summed E-state index contributed by atoms with van der Waals surface area (Å²) in [4.78, 5) is 17.6. The van der Waals surface area contributed by atoms with Crippen LogP contribution in [0.5, 0.6) is 0 Å². The van der Waals surface area contributed by atoms with E-state index in [1.165, 1.54) is 0 Å². The molecule has 0 aromatic carbocycles. The van der Waals surface area contributed by atoms with Crippen LogP contribution in [-0.2, 0) is 18.2 Å². The minimum absolute atomic E-state index is 0.280. The molecule has 6 nitrogen and oxygen atoms in total. The van der Waals surface area contributed by atoms with Crippen LogP contribution in [0.15, 0.2) is 24.8 Å². The highest BCUT2D eigenvalue weighted by atomic mass is 31.2. The molecule has 0 rings (SSSR count). The van der Waals surface area contributed by atoms with Gasteiger partial charge in [-0.25, -0.2) is 0 Å². The molecule has 0 aliphatic carbocycles. The van der Waals surface area contributed by atoms with Gasteiger partial charge in [-0.1, -0.05) is 13.2 Å². The van der Waals surface area contributed by atoms with E-state index in [-0.39, 0.29) is 13.2 Å². The highest BCUT2D eigenvalue weighted by Gasteiger charge is 2.16. The Morgan fingerprint density at radius 1 is 1.00 bits per heavy atom. The number of hydrogen-bond donors (Lipinski definition) is 2. The maximum absolute atomic E-state index is 10.8. The van der Waals surface area contributed by atoms with Crippen molar-refractivity contribution in [3.05, 3.63) is 24.8 Å². The van der Waals surface area contributed by atoms with Crippen molar-refractivity contribution in [3.63, 3.8) is 0 Å². The molecule has 82 valence electrons. The smallest absolute Gasteiger partial charge is 0.321 e.